The van der Waals surface area contributed by atoms with Gasteiger partial charge in [-0.25, -0.2) is 9.59 Å². The number of primary amides is 1. The minimum atomic E-state index is -1.09. The number of benzene rings is 1. The van der Waals surface area contributed by atoms with E-state index in [-0.39, 0.29) is 11.3 Å². The summed E-state index contributed by atoms with van der Waals surface area (Å²) in [7, 11) is 0. The van der Waals surface area contributed by atoms with Crippen LogP contribution in [0, 0.1) is 13.8 Å². The highest BCUT2D eigenvalue weighted by Crippen LogP contribution is 2.15. The predicted molar refractivity (Wildman–Crippen MR) is 92.9 cm³/mol. The summed E-state index contributed by atoms with van der Waals surface area (Å²) in [5.41, 5.74) is 5.81. The summed E-state index contributed by atoms with van der Waals surface area (Å²) in [4.78, 5) is 46.7. The first-order chi connectivity index (χ1) is 12.2. The minimum absolute atomic E-state index is 0.107. The first kappa shape index (κ1) is 18.9. The summed E-state index contributed by atoms with van der Waals surface area (Å²) in [5, 5.41) is 2.56. The van der Waals surface area contributed by atoms with Gasteiger partial charge in [-0.05, 0) is 50.6 Å². The summed E-state index contributed by atoms with van der Waals surface area (Å²) in [5.74, 6) is -1.78. The number of nitrogens with one attached hydrogen (secondary N) is 1. The van der Waals surface area contributed by atoms with Crippen molar-refractivity contribution in [3.63, 3.8) is 0 Å². The Morgan fingerprint density at radius 3 is 2.31 bits per heavy atom. The van der Waals surface area contributed by atoms with E-state index in [9.17, 15) is 19.2 Å². The fourth-order valence-electron chi connectivity index (χ4n) is 2.30. The second kappa shape index (κ2) is 7.64. The zero-order chi connectivity index (χ0) is 19.4. The maximum absolute atomic E-state index is 12.3. The van der Waals surface area contributed by atoms with Gasteiger partial charge in [0.1, 0.15) is 11.3 Å². The van der Waals surface area contributed by atoms with Crippen molar-refractivity contribution >= 4 is 23.5 Å². The van der Waals surface area contributed by atoms with Crippen molar-refractivity contribution in [1.29, 1.82) is 0 Å². The van der Waals surface area contributed by atoms with E-state index < -0.39 is 29.5 Å². The molecule has 1 aromatic heterocycles. The summed E-state index contributed by atoms with van der Waals surface area (Å²) in [6.07, 6.45) is -1.09. The molecule has 0 aliphatic heterocycles. The molecule has 136 valence electrons. The molecule has 26 heavy (non-hydrogen) atoms. The Balaban J connectivity index is 2.06. The topological polar surface area (TPSA) is 129 Å². The fraction of sp³-hybridized carbons (Fsp3) is 0.222. The normalized spacial score (nSPS) is 11.5. The Bertz CT molecular complexity index is 888. The number of amides is 2. The van der Waals surface area contributed by atoms with Gasteiger partial charge in [0.25, 0.3) is 5.91 Å². The zero-order valence-electron chi connectivity index (χ0n) is 14.5. The van der Waals surface area contributed by atoms with Gasteiger partial charge in [-0.1, -0.05) is 0 Å². The molecule has 0 saturated heterocycles. The highest BCUT2D eigenvalue weighted by Gasteiger charge is 2.23. The zero-order valence-corrected chi connectivity index (χ0v) is 14.5. The van der Waals surface area contributed by atoms with Gasteiger partial charge >= 0.3 is 11.6 Å². The Kier molecular flexibility index (Phi) is 5.56. The maximum Gasteiger partial charge on any atom is 0.342 e. The minimum Gasteiger partial charge on any atom is -0.449 e. The molecule has 1 aromatic carbocycles. The first-order valence-electron chi connectivity index (χ1n) is 7.72. The van der Waals surface area contributed by atoms with Crippen LogP contribution in [0.1, 0.15) is 39.0 Å². The molecule has 0 spiro atoms. The lowest BCUT2D eigenvalue weighted by molar-refractivity contribution is -0.123. The van der Waals surface area contributed by atoms with Crippen LogP contribution in [-0.4, -0.2) is 23.9 Å². The fourth-order valence-corrected chi connectivity index (χ4v) is 2.30. The molecule has 0 aliphatic carbocycles. The second-order valence-corrected chi connectivity index (χ2v) is 5.66. The molecule has 0 fully saturated rings. The van der Waals surface area contributed by atoms with Crippen LogP contribution in [0.3, 0.4) is 0 Å². The standard InChI is InChI=1S/C18H18N2O6/c1-9-8-14(21)25-10(2)15(9)18(24)26-11(3)17(23)20-13-6-4-12(5-7-13)16(19)22/h4-8,11H,1-3H3,(H2,19,22)(H,20,23)/t11-/m0/s1. The maximum atomic E-state index is 12.3. The van der Waals surface area contributed by atoms with Crippen molar-refractivity contribution < 1.29 is 23.5 Å². The Hall–Kier alpha value is -3.42. The summed E-state index contributed by atoms with van der Waals surface area (Å²) in [6.45, 7) is 4.45. The average Bonchev–Trinajstić information content (AvgIpc) is 2.54. The van der Waals surface area contributed by atoms with E-state index in [0.717, 1.165) is 0 Å². The predicted octanol–water partition coefficient (Wildman–Crippen LogP) is 1.54. The van der Waals surface area contributed by atoms with E-state index in [4.69, 9.17) is 14.9 Å². The van der Waals surface area contributed by atoms with Crippen LogP contribution in [0.5, 0.6) is 0 Å². The van der Waals surface area contributed by atoms with Crippen LogP contribution in [0.25, 0.3) is 0 Å². The highest BCUT2D eigenvalue weighted by molar-refractivity contribution is 5.98. The van der Waals surface area contributed by atoms with E-state index in [2.05, 4.69) is 5.32 Å². The first-order valence-corrected chi connectivity index (χ1v) is 7.72. The van der Waals surface area contributed by atoms with Crippen LogP contribution in [-0.2, 0) is 9.53 Å². The number of esters is 1. The lowest BCUT2D eigenvalue weighted by Crippen LogP contribution is -2.30. The number of hydrogen-bond donors (Lipinski definition) is 2. The van der Waals surface area contributed by atoms with Crippen LogP contribution in [0.2, 0.25) is 0 Å². The van der Waals surface area contributed by atoms with Crippen LogP contribution in [0.15, 0.2) is 39.5 Å². The molecule has 0 unspecified atom stereocenters. The molecule has 0 radical (unpaired) electrons. The Morgan fingerprint density at radius 1 is 1.15 bits per heavy atom. The quantitative estimate of drug-likeness (QED) is 0.780. The number of ether oxygens (including phenoxy) is 1. The molecule has 0 saturated carbocycles. The molecule has 8 nitrogen and oxygen atoms in total. The number of anilines is 1. The van der Waals surface area contributed by atoms with Crippen molar-refractivity contribution in [2.75, 3.05) is 5.32 Å². The van der Waals surface area contributed by atoms with Crippen LogP contribution >= 0.6 is 0 Å². The molecular formula is C18H18N2O6. The number of rotatable bonds is 5. The smallest absolute Gasteiger partial charge is 0.342 e. The highest BCUT2D eigenvalue weighted by atomic mass is 16.5. The number of carbonyl (C=O) groups excluding carboxylic acids is 3. The van der Waals surface area contributed by atoms with Crippen molar-refractivity contribution in [1.82, 2.24) is 0 Å². The van der Waals surface area contributed by atoms with Gasteiger partial charge < -0.3 is 20.2 Å². The number of nitrogens with two attached hydrogens (primary N) is 1. The molecule has 8 heteroatoms. The van der Waals surface area contributed by atoms with Gasteiger partial charge in [0, 0.05) is 17.3 Å². The van der Waals surface area contributed by atoms with Gasteiger partial charge in [-0.2, -0.15) is 0 Å². The van der Waals surface area contributed by atoms with Gasteiger partial charge in [0.15, 0.2) is 6.10 Å². The molecule has 1 atom stereocenters. The average molecular weight is 358 g/mol. The third kappa shape index (κ3) is 4.35. The molecule has 1 heterocycles. The molecule has 2 amide bonds. The molecule has 2 aromatic rings. The lowest BCUT2D eigenvalue weighted by atomic mass is 10.1. The molecule has 2 rings (SSSR count). The van der Waals surface area contributed by atoms with E-state index in [1.807, 2.05) is 0 Å². The molecular weight excluding hydrogens is 340 g/mol. The van der Waals surface area contributed by atoms with Crippen LogP contribution < -0.4 is 16.7 Å². The number of aryl methyl sites for hydroxylation is 2. The SMILES string of the molecule is Cc1cc(=O)oc(C)c1C(=O)O[C@@H](C)C(=O)Nc1ccc(C(N)=O)cc1. The van der Waals surface area contributed by atoms with Crippen LogP contribution in [0.4, 0.5) is 5.69 Å². The van der Waals surface area contributed by atoms with Crippen molar-refractivity contribution in [2.45, 2.75) is 26.9 Å². The third-order valence-corrected chi connectivity index (χ3v) is 3.63. The number of hydrogen-bond acceptors (Lipinski definition) is 6. The van der Waals surface area contributed by atoms with Crippen molar-refractivity contribution in [2.24, 2.45) is 5.73 Å². The summed E-state index contributed by atoms with van der Waals surface area (Å²) >= 11 is 0. The van der Waals surface area contributed by atoms with Gasteiger partial charge in [0.05, 0.1) is 0 Å². The molecule has 3 N–H and O–H groups in total. The number of carbonyl (C=O) groups is 3. The summed E-state index contributed by atoms with van der Waals surface area (Å²) in [6, 6.07) is 7.12. The van der Waals surface area contributed by atoms with Gasteiger partial charge in [-0.15, -0.1) is 0 Å². The van der Waals surface area contributed by atoms with Gasteiger partial charge in [0.2, 0.25) is 5.91 Å². The van der Waals surface area contributed by atoms with E-state index in [0.29, 0.717) is 16.8 Å². The second-order valence-electron chi connectivity index (χ2n) is 5.66. The van der Waals surface area contributed by atoms with E-state index in [1.54, 1.807) is 6.92 Å². The van der Waals surface area contributed by atoms with Crippen molar-refractivity contribution in [3.8, 4) is 0 Å². The van der Waals surface area contributed by atoms with E-state index >= 15 is 0 Å². The monoisotopic (exact) mass is 358 g/mol. The Labute approximate surface area is 148 Å². The summed E-state index contributed by atoms with van der Waals surface area (Å²) < 4.78 is 10.0. The Morgan fingerprint density at radius 2 is 1.77 bits per heavy atom. The molecule has 0 aliphatic rings. The van der Waals surface area contributed by atoms with E-state index in [1.165, 1.54) is 44.2 Å². The largest absolute Gasteiger partial charge is 0.449 e. The molecule has 0 bridgehead atoms. The lowest BCUT2D eigenvalue weighted by Gasteiger charge is -2.15. The third-order valence-electron chi connectivity index (χ3n) is 3.63. The van der Waals surface area contributed by atoms with Gasteiger partial charge in [-0.3, -0.25) is 9.59 Å². The van der Waals surface area contributed by atoms with Crippen molar-refractivity contribution in [3.05, 3.63) is 63.2 Å².